The van der Waals surface area contributed by atoms with Gasteiger partial charge in [-0.3, -0.25) is 4.98 Å². The highest BCUT2D eigenvalue weighted by Crippen LogP contribution is 2.32. The molecule has 0 bridgehead atoms. The lowest BCUT2D eigenvalue weighted by Gasteiger charge is -2.16. The highest BCUT2D eigenvalue weighted by molar-refractivity contribution is 5.72. The number of rotatable bonds is 6. The Kier molecular flexibility index (Phi) is 5.13. The van der Waals surface area contributed by atoms with Crippen LogP contribution in [0.4, 0.5) is 0 Å². The zero-order valence-electron chi connectivity index (χ0n) is 12.3. The minimum Gasteiger partial charge on any atom is -0.468 e. The van der Waals surface area contributed by atoms with E-state index in [1.165, 1.54) is 22.3 Å². The minimum atomic E-state index is 0.279. The Balaban J connectivity index is 2.50. The van der Waals surface area contributed by atoms with Crippen LogP contribution in [-0.4, -0.2) is 18.9 Å². The van der Waals surface area contributed by atoms with Crippen LogP contribution in [-0.2, 0) is 17.6 Å². The average molecular weight is 271 g/mol. The first-order valence-corrected chi connectivity index (χ1v) is 6.98. The van der Waals surface area contributed by atoms with Crippen LogP contribution >= 0.6 is 0 Å². The standard InChI is InChI=1S/C17H21NO2/c1-4-13-10-16(20-12-19-3)11-14(5-2)17(13)15-6-8-18-9-7-15/h6-11H,4-5,12H2,1-3H3. The second kappa shape index (κ2) is 7.06. The van der Waals surface area contributed by atoms with Crippen LogP contribution in [0.5, 0.6) is 5.75 Å². The minimum absolute atomic E-state index is 0.279. The summed E-state index contributed by atoms with van der Waals surface area (Å²) in [6.45, 7) is 4.61. The van der Waals surface area contributed by atoms with E-state index in [-0.39, 0.29) is 6.79 Å². The van der Waals surface area contributed by atoms with Gasteiger partial charge in [-0.25, -0.2) is 0 Å². The number of nitrogens with zero attached hydrogens (tertiary/aromatic N) is 1. The summed E-state index contributed by atoms with van der Waals surface area (Å²) in [5.41, 5.74) is 5.11. The van der Waals surface area contributed by atoms with Gasteiger partial charge in [0.15, 0.2) is 6.79 Å². The van der Waals surface area contributed by atoms with E-state index in [2.05, 4.69) is 43.1 Å². The molecule has 106 valence electrons. The van der Waals surface area contributed by atoms with Gasteiger partial charge in [-0.15, -0.1) is 0 Å². The predicted octanol–water partition coefficient (Wildman–Crippen LogP) is 3.86. The van der Waals surface area contributed by atoms with E-state index in [1.54, 1.807) is 7.11 Å². The van der Waals surface area contributed by atoms with Crippen molar-refractivity contribution in [1.82, 2.24) is 4.98 Å². The number of hydrogen-bond acceptors (Lipinski definition) is 3. The van der Waals surface area contributed by atoms with E-state index < -0.39 is 0 Å². The van der Waals surface area contributed by atoms with Crippen LogP contribution in [0.15, 0.2) is 36.7 Å². The van der Waals surface area contributed by atoms with Gasteiger partial charge in [0.2, 0.25) is 0 Å². The third kappa shape index (κ3) is 3.17. The van der Waals surface area contributed by atoms with Crippen molar-refractivity contribution in [3.05, 3.63) is 47.8 Å². The third-order valence-electron chi connectivity index (χ3n) is 3.35. The molecule has 0 aliphatic heterocycles. The maximum absolute atomic E-state index is 5.60. The van der Waals surface area contributed by atoms with E-state index in [0.717, 1.165) is 18.6 Å². The molecule has 3 nitrogen and oxygen atoms in total. The normalized spacial score (nSPS) is 10.6. The first-order valence-electron chi connectivity index (χ1n) is 6.98. The van der Waals surface area contributed by atoms with E-state index >= 15 is 0 Å². The fourth-order valence-electron chi connectivity index (χ4n) is 2.39. The Bertz CT molecular complexity index is 527. The molecule has 20 heavy (non-hydrogen) atoms. The molecule has 0 radical (unpaired) electrons. The molecule has 3 heteroatoms. The first kappa shape index (κ1) is 14.5. The van der Waals surface area contributed by atoms with Gasteiger partial charge in [-0.05, 0) is 59.4 Å². The summed E-state index contributed by atoms with van der Waals surface area (Å²) < 4.78 is 10.6. The maximum Gasteiger partial charge on any atom is 0.188 e. The Morgan fingerprint density at radius 2 is 1.60 bits per heavy atom. The summed E-state index contributed by atoms with van der Waals surface area (Å²) in [4.78, 5) is 4.10. The van der Waals surface area contributed by atoms with Gasteiger partial charge in [-0.1, -0.05) is 13.8 Å². The quantitative estimate of drug-likeness (QED) is 0.748. The molecule has 0 amide bonds. The van der Waals surface area contributed by atoms with Gasteiger partial charge in [0.05, 0.1) is 0 Å². The van der Waals surface area contributed by atoms with E-state index in [1.807, 2.05) is 12.4 Å². The molecule has 0 N–H and O–H groups in total. The fourth-order valence-corrected chi connectivity index (χ4v) is 2.39. The number of methoxy groups -OCH3 is 1. The van der Waals surface area contributed by atoms with Crippen LogP contribution < -0.4 is 4.74 Å². The summed E-state index contributed by atoms with van der Waals surface area (Å²) in [6, 6.07) is 8.33. The Morgan fingerprint density at radius 1 is 1.00 bits per heavy atom. The molecule has 0 saturated carbocycles. The van der Waals surface area contributed by atoms with E-state index in [4.69, 9.17) is 9.47 Å². The molecular formula is C17H21NO2. The van der Waals surface area contributed by atoms with Crippen LogP contribution in [0.25, 0.3) is 11.1 Å². The fraction of sp³-hybridized carbons (Fsp3) is 0.353. The van der Waals surface area contributed by atoms with Gasteiger partial charge >= 0.3 is 0 Å². The second-order valence-electron chi connectivity index (χ2n) is 4.61. The van der Waals surface area contributed by atoms with Crippen molar-refractivity contribution in [2.75, 3.05) is 13.9 Å². The smallest absolute Gasteiger partial charge is 0.188 e. The maximum atomic E-state index is 5.60. The Labute approximate surface area is 120 Å². The molecule has 2 aromatic rings. The molecule has 1 aromatic carbocycles. The van der Waals surface area contributed by atoms with Crippen molar-refractivity contribution in [2.45, 2.75) is 26.7 Å². The Morgan fingerprint density at radius 3 is 2.10 bits per heavy atom. The van der Waals surface area contributed by atoms with Crippen molar-refractivity contribution >= 4 is 0 Å². The summed E-state index contributed by atoms with van der Waals surface area (Å²) in [5.74, 6) is 0.873. The van der Waals surface area contributed by atoms with Crippen LogP contribution in [0, 0.1) is 0 Å². The Hall–Kier alpha value is -1.87. The van der Waals surface area contributed by atoms with E-state index in [9.17, 15) is 0 Å². The summed E-state index contributed by atoms with van der Waals surface area (Å²) in [7, 11) is 1.63. The van der Waals surface area contributed by atoms with Crippen molar-refractivity contribution < 1.29 is 9.47 Å². The largest absolute Gasteiger partial charge is 0.468 e. The molecule has 0 aliphatic carbocycles. The monoisotopic (exact) mass is 271 g/mol. The lowest BCUT2D eigenvalue weighted by Crippen LogP contribution is -2.02. The average Bonchev–Trinajstić information content (AvgIpc) is 2.52. The zero-order valence-corrected chi connectivity index (χ0v) is 12.3. The third-order valence-corrected chi connectivity index (χ3v) is 3.35. The number of benzene rings is 1. The predicted molar refractivity (Wildman–Crippen MR) is 80.9 cm³/mol. The first-order chi connectivity index (χ1) is 9.80. The highest BCUT2D eigenvalue weighted by Gasteiger charge is 2.11. The molecule has 0 saturated heterocycles. The second-order valence-corrected chi connectivity index (χ2v) is 4.61. The number of hydrogen-bond donors (Lipinski definition) is 0. The van der Waals surface area contributed by atoms with Crippen LogP contribution in [0.2, 0.25) is 0 Å². The molecule has 0 aliphatic rings. The lowest BCUT2D eigenvalue weighted by atomic mass is 9.92. The number of aromatic nitrogens is 1. The van der Waals surface area contributed by atoms with Crippen molar-refractivity contribution in [2.24, 2.45) is 0 Å². The number of ether oxygens (including phenoxy) is 2. The molecule has 0 fully saturated rings. The van der Waals surface area contributed by atoms with Crippen molar-refractivity contribution in [3.8, 4) is 16.9 Å². The van der Waals surface area contributed by atoms with Gasteiger partial charge in [-0.2, -0.15) is 0 Å². The van der Waals surface area contributed by atoms with Gasteiger partial charge < -0.3 is 9.47 Å². The SMILES string of the molecule is CCc1cc(OCOC)cc(CC)c1-c1ccncc1. The van der Waals surface area contributed by atoms with E-state index in [0.29, 0.717) is 0 Å². The molecule has 0 unspecified atom stereocenters. The molecule has 2 rings (SSSR count). The summed E-state index contributed by atoms with van der Waals surface area (Å²) in [6.07, 6.45) is 5.61. The lowest BCUT2D eigenvalue weighted by molar-refractivity contribution is 0.0510. The number of pyridine rings is 1. The van der Waals surface area contributed by atoms with Crippen LogP contribution in [0.1, 0.15) is 25.0 Å². The topological polar surface area (TPSA) is 31.4 Å². The zero-order chi connectivity index (χ0) is 14.4. The van der Waals surface area contributed by atoms with Crippen LogP contribution in [0.3, 0.4) is 0 Å². The van der Waals surface area contributed by atoms with Gasteiger partial charge in [0.25, 0.3) is 0 Å². The van der Waals surface area contributed by atoms with Crippen molar-refractivity contribution in [1.29, 1.82) is 0 Å². The molecular weight excluding hydrogens is 250 g/mol. The molecule has 1 heterocycles. The number of aryl methyl sites for hydroxylation is 2. The molecule has 0 atom stereocenters. The van der Waals surface area contributed by atoms with Gasteiger partial charge in [0.1, 0.15) is 5.75 Å². The molecule has 1 aromatic heterocycles. The molecule has 0 spiro atoms. The summed E-state index contributed by atoms with van der Waals surface area (Å²) >= 11 is 0. The summed E-state index contributed by atoms with van der Waals surface area (Å²) in [5, 5.41) is 0. The highest BCUT2D eigenvalue weighted by atomic mass is 16.7. The van der Waals surface area contributed by atoms with Gasteiger partial charge in [0, 0.05) is 19.5 Å². The van der Waals surface area contributed by atoms with Crippen molar-refractivity contribution in [3.63, 3.8) is 0 Å².